The summed E-state index contributed by atoms with van der Waals surface area (Å²) < 4.78 is 51.6. The number of aromatic nitrogens is 3. The quantitative estimate of drug-likeness (QED) is 0.781. The first-order valence-corrected chi connectivity index (χ1v) is 9.03. The molecule has 28 heavy (non-hydrogen) atoms. The van der Waals surface area contributed by atoms with Gasteiger partial charge in [-0.2, -0.15) is 18.2 Å². The molecule has 0 saturated carbocycles. The number of hydrogen-bond donors (Lipinski definition) is 0. The third-order valence-electron chi connectivity index (χ3n) is 5.07. The Hall–Kier alpha value is -2.56. The van der Waals surface area contributed by atoms with Gasteiger partial charge in [0.05, 0.1) is 25.8 Å². The van der Waals surface area contributed by atoms with E-state index < -0.39 is 17.8 Å². The first kappa shape index (κ1) is 18.8. The molecule has 1 saturated heterocycles. The molecule has 0 bridgehead atoms. The molecule has 0 aromatic carbocycles. The Morgan fingerprint density at radius 2 is 2.14 bits per heavy atom. The second-order valence-corrected chi connectivity index (χ2v) is 7.00. The van der Waals surface area contributed by atoms with Crippen LogP contribution < -0.4 is 15.4 Å². The topological polar surface area (TPSA) is 76.6 Å². The first-order valence-electron chi connectivity index (χ1n) is 9.03. The molecule has 0 N–H and O–H groups in total. The second-order valence-electron chi connectivity index (χ2n) is 7.00. The molecule has 2 aromatic heterocycles. The molecule has 0 radical (unpaired) electrons. The van der Waals surface area contributed by atoms with E-state index in [1.54, 1.807) is 11.0 Å². The summed E-state index contributed by atoms with van der Waals surface area (Å²) in [4.78, 5) is 20.7. The van der Waals surface area contributed by atoms with Crippen LogP contribution in [0.4, 0.5) is 24.9 Å². The normalized spacial score (nSPS) is 23.0. The van der Waals surface area contributed by atoms with Gasteiger partial charge in [-0.1, -0.05) is 5.16 Å². The van der Waals surface area contributed by atoms with Gasteiger partial charge in [0.1, 0.15) is 23.8 Å². The third kappa shape index (κ3) is 3.46. The SMILES string of the molecule is C[C@@H]1COCCN1c1cc(=O)n2c(n1)N(Cc1ccon1)CC[C@@H]2C(F)(F)F. The molecule has 0 unspecified atom stereocenters. The van der Waals surface area contributed by atoms with E-state index in [0.717, 1.165) is 4.57 Å². The highest BCUT2D eigenvalue weighted by Crippen LogP contribution is 2.38. The maximum atomic E-state index is 13.6. The summed E-state index contributed by atoms with van der Waals surface area (Å²) in [5.41, 5.74) is -0.165. The fourth-order valence-corrected chi connectivity index (χ4v) is 3.68. The van der Waals surface area contributed by atoms with Crippen LogP contribution in [-0.2, 0) is 11.3 Å². The van der Waals surface area contributed by atoms with Gasteiger partial charge in [-0.15, -0.1) is 0 Å². The number of halogens is 3. The number of hydrogen-bond acceptors (Lipinski definition) is 7. The summed E-state index contributed by atoms with van der Waals surface area (Å²) in [5, 5.41) is 3.82. The molecule has 2 aromatic rings. The lowest BCUT2D eigenvalue weighted by atomic mass is 10.1. The van der Waals surface area contributed by atoms with Crippen LogP contribution in [0.15, 0.2) is 27.7 Å². The van der Waals surface area contributed by atoms with Crippen LogP contribution in [0.3, 0.4) is 0 Å². The Morgan fingerprint density at radius 3 is 2.82 bits per heavy atom. The van der Waals surface area contributed by atoms with E-state index in [1.165, 1.54) is 12.3 Å². The monoisotopic (exact) mass is 399 g/mol. The summed E-state index contributed by atoms with van der Waals surface area (Å²) in [6.45, 7) is 3.68. The van der Waals surface area contributed by atoms with Crippen LogP contribution >= 0.6 is 0 Å². The zero-order chi connectivity index (χ0) is 19.9. The molecule has 0 amide bonds. The summed E-state index contributed by atoms with van der Waals surface area (Å²) in [7, 11) is 0. The molecule has 2 aliphatic rings. The lowest BCUT2D eigenvalue weighted by Gasteiger charge is -2.38. The number of anilines is 2. The summed E-state index contributed by atoms with van der Waals surface area (Å²) in [6.07, 6.45) is -3.37. The third-order valence-corrected chi connectivity index (χ3v) is 5.07. The summed E-state index contributed by atoms with van der Waals surface area (Å²) in [5.74, 6) is 0.359. The summed E-state index contributed by atoms with van der Waals surface area (Å²) in [6, 6.07) is 0.887. The molecule has 11 heteroatoms. The van der Waals surface area contributed by atoms with Crippen molar-refractivity contribution in [2.45, 2.75) is 38.1 Å². The van der Waals surface area contributed by atoms with Gasteiger partial charge in [-0.05, 0) is 13.3 Å². The van der Waals surface area contributed by atoms with Crippen molar-refractivity contribution in [2.24, 2.45) is 0 Å². The lowest BCUT2D eigenvalue weighted by molar-refractivity contribution is -0.171. The van der Waals surface area contributed by atoms with Crippen LogP contribution in [0.2, 0.25) is 0 Å². The second kappa shape index (κ2) is 7.12. The van der Waals surface area contributed by atoms with E-state index in [0.29, 0.717) is 31.3 Å². The van der Waals surface area contributed by atoms with E-state index in [2.05, 4.69) is 10.1 Å². The van der Waals surface area contributed by atoms with Crippen molar-refractivity contribution >= 4 is 11.8 Å². The van der Waals surface area contributed by atoms with Gasteiger partial charge in [0.15, 0.2) is 0 Å². The van der Waals surface area contributed by atoms with Gasteiger partial charge in [0, 0.05) is 25.2 Å². The highest BCUT2D eigenvalue weighted by atomic mass is 19.4. The maximum Gasteiger partial charge on any atom is 0.409 e. The van der Waals surface area contributed by atoms with Crippen molar-refractivity contribution in [2.75, 3.05) is 36.1 Å². The number of rotatable bonds is 3. The first-order chi connectivity index (χ1) is 13.3. The molecular weight excluding hydrogens is 379 g/mol. The standard InChI is InChI=1S/C17H20F3N5O3/c1-11-10-27-7-5-24(11)14-8-15(26)25-13(17(18,19)20)2-4-23(16(25)21-14)9-12-3-6-28-22-12/h3,6,8,11,13H,2,4-5,7,9-10H2,1H3/t11-,13-/m1/s1. The predicted octanol–water partition coefficient (Wildman–Crippen LogP) is 1.97. The van der Waals surface area contributed by atoms with Crippen molar-refractivity contribution in [1.82, 2.24) is 14.7 Å². The lowest BCUT2D eigenvalue weighted by Crippen LogP contribution is -2.48. The minimum atomic E-state index is -4.53. The highest BCUT2D eigenvalue weighted by Gasteiger charge is 2.45. The van der Waals surface area contributed by atoms with Crippen molar-refractivity contribution in [3.05, 3.63) is 34.4 Å². The van der Waals surface area contributed by atoms with Crippen molar-refractivity contribution in [1.29, 1.82) is 0 Å². The number of fused-ring (bicyclic) bond motifs is 1. The smallest absolute Gasteiger partial charge is 0.377 e. The Bertz CT molecular complexity index is 883. The summed E-state index contributed by atoms with van der Waals surface area (Å²) >= 11 is 0. The van der Waals surface area contributed by atoms with Crippen LogP contribution in [0.25, 0.3) is 0 Å². The van der Waals surface area contributed by atoms with Crippen LogP contribution in [0.1, 0.15) is 25.1 Å². The Balaban J connectivity index is 1.78. The molecule has 4 heterocycles. The average Bonchev–Trinajstić information content (AvgIpc) is 3.14. The van der Waals surface area contributed by atoms with E-state index >= 15 is 0 Å². The van der Waals surface area contributed by atoms with Crippen LogP contribution in [0, 0.1) is 0 Å². The fraction of sp³-hybridized carbons (Fsp3) is 0.588. The molecule has 8 nitrogen and oxygen atoms in total. The van der Waals surface area contributed by atoms with Gasteiger partial charge >= 0.3 is 6.18 Å². The predicted molar refractivity (Wildman–Crippen MR) is 93.4 cm³/mol. The zero-order valence-corrected chi connectivity index (χ0v) is 15.2. The molecule has 0 spiro atoms. The van der Waals surface area contributed by atoms with Gasteiger partial charge in [0.25, 0.3) is 5.56 Å². The molecule has 4 rings (SSSR count). The van der Waals surface area contributed by atoms with Crippen LogP contribution in [-0.4, -0.2) is 53.2 Å². The minimum absolute atomic E-state index is 0.00207. The van der Waals surface area contributed by atoms with E-state index in [9.17, 15) is 18.0 Å². The molecule has 0 aliphatic carbocycles. The molecule has 2 aliphatic heterocycles. The highest BCUT2D eigenvalue weighted by molar-refractivity contribution is 5.47. The molecule has 2 atom stereocenters. The fourth-order valence-electron chi connectivity index (χ4n) is 3.68. The van der Waals surface area contributed by atoms with E-state index in [-0.39, 0.29) is 31.5 Å². The van der Waals surface area contributed by atoms with Crippen LogP contribution in [0.5, 0.6) is 0 Å². The van der Waals surface area contributed by atoms with Crippen molar-refractivity contribution < 1.29 is 22.4 Å². The number of alkyl halides is 3. The largest absolute Gasteiger partial charge is 0.409 e. The minimum Gasteiger partial charge on any atom is -0.377 e. The number of nitrogens with zero attached hydrogens (tertiary/aromatic N) is 5. The molecule has 152 valence electrons. The maximum absolute atomic E-state index is 13.6. The van der Waals surface area contributed by atoms with Crippen molar-refractivity contribution in [3.63, 3.8) is 0 Å². The van der Waals surface area contributed by atoms with Gasteiger partial charge < -0.3 is 19.1 Å². The Kier molecular flexibility index (Phi) is 4.77. The van der Waals surface area contributed by atoms with Gasteiger partial charge in [0.2, 0.25) is 5.95 Å². The number of morpholine rings is 1. The van der Waals surface area contributed by atoms with Gasteiger partial charge in [-0.3, -0.25) is 9.36 Å². The molecular formula is C17H20F3N5O3. The molecule has 1 fully saturated rings. The number of ether oxygens (including phenoxy) is 1. The van der Waals surface area contributed by atoms with Gasteiger partial charge in [-0.25, -0.2) is 0 Å². The zero-order valence-electron chi connectivity index (χ0n) is 15.2. The van der Waals surface area contributed by atoms with Crippen molar-refractivity contribution in [3.8, 4) is 0 Å². The van der Waals surface area contributed by atoms with E-state index in [1.807, 2.05) is 11.8 Å². The van der Waals surface area contributed by atoms with E-state index in [4.69, 9.17) is 9.26 Å². The Labute approximate surface area is 158 Å². The average molecular weight is 399 g/mol. The Morgan fingerprint density at radius 1 is 1.32 bits per heavy atom.